The summed E-state index contributed by atoms with van der Waals surface area (Å²) in [6, 6.07) is 0. The molecule has 0 bridgehead atoms. The van der Waals surface area contributed by atoms with Crippen LogP contribution in [0.4, 0.5) is 0 Å². The Balaban J connectivity index is 0.00000264. The van der Waals surface area contributed by atoms with Gasteiger partial charge in [0.25, 0.3) is 0 Å². The third-order valence-electron chi connectivity index (χ3n) is 3.16. The standard InChI is InChI=1S/C15H23N5S2.HI/c1-4-12-8-18-14(22-12)9-19-15(16-3)17-7-6-11-10-21-13(5-2)20-11;/h8,10H,4-7,9H2,1-3H3,(H2,16,17,19);1H. The molecular weight excluding hydrogens is 441 g/mol. The van der Waals surface area contributed by atoms with Gasteiger partial charge in [-0.2, -0.15) is 0 Å². The maximum absolute atomic E-state index is 4.57. The fourth-order valence-corrected chi connectivity index (χ4v) is 3.49. The Morgan fingerprint density at radius 1 is 1.22 bits per heavy atom. The minimum Gasteiger partial charge on any atom is -0.356 e. The second kappa shape index (κ2) is 10.9. The van der Waals surface area contributed by atoms with Gasteiger partial charge < -0.3 is 10.6 Å². The van der Waals surface area contributed by atoms with Crippen LogP contribution in [0.15, 0.2) is 16.6 Å². The average molecular weight is 465 g/mol. The number of nitrogens with one attached hydrogen (secondary N) is 2. The van der Waals surface area contributed by atoms with Crippen LogP contribution in [0.1, 0.15) is 34.4 Å². The van der Waals surface area contributed by atoms with Gasteiger partial charge in [-0.3, -0.25) is 4.99 Å². The molecule has 0 atom stereocenters. The van der Waals surface area contributed by atoms with Gasteiger partial charge in [-0.05, 0) is 12.8 Å². The molecule has 0 unspecified atom stereocenters. The van der Waals surface area contributed by atoms with E-state index in [4.69, 9.17) is 0 Å². The van der Waals surface area contributed by atoms with Gasteiger partial charge in [0, 0.05) is 36.5 Å². The highest BCUT2D eigenvalue weighted by Gasteiger charge is 2.04. The number of aliphatic imine (C=N–C) groups is 1. The highest BCUT2D eigenvalue weighted by molar-refractivity contribution is 14.0. The fourth-order valence-electron chi connectivity index (χ4n) is 1.91. The van der Waals surface area contributed by atoms with Crippen molar-refractivity contribution in [2.45, 2.75) is 39.7 Å². The van der Waals surface area contributed by atoms with Crippen LogP contribution in [0.2, 0.25) is 0 Å². The SMILES string of the molecule is CCc1cnc(CNC(=NC)NCCc2csc(CC)n2)s1.I. The van der Waals surface area contributed by atoms with Gasteiger partial charge >= 0.3 is 0 Å². The molecule has 2 rings (SSSR count). The van der Waals surface area contributed by atoms with Gasteiger partial charge in [0.15, 0.2) is 5.96 Å². The van der Waals surface area contributed by atoms with Crippen molar-refractivity contribution in [3.63, 3.8) is 0 Å². The topological polar surface area (TPSA) is 62.2 Å². The minimum absolute atomic E-state index is 0. The number of nitrogens with zero attached hydrogens (tertiary/aromatic N) is 3. The van der Waals surface area contributed by atoms with Crippen molar-refractivity contribution in [3.8, 4) is 0 Å². The van der Waals surface area contributed by atoms with Gasteiger partial charge in [-0.1, -0.05) is 13.8 Å². The number of thiazole rings is 2. The zero-order valence-electron chi connectivity index (χ0n) is 13.8. The smallest absolute Gasteiger partial charge is 0.191 e. The minimum atomic E-state index is 0. The van der Waals surface area contributed by atoms with Crippen LogP contribution in [-0.4, -0.2) is 29.5 Å². The van der Waals surface area contributed by atoms with Gasteiger partial charge in [0.2, 0.25) is 0 Å². The largest absolute Gasteiger partial charge is 0.356 e. The lowest BCUT2D eigenvalue weighted by Crippen LogP contribution is -2.37. The Morgan fingerprint density at radius 3 is 2.65 bits per heavy atom. The van der Waals surface area contributed by atoms with E-state index >= 15 is 0 Å². The molecule has 0 saturated carbocycles. The molecule has 0 spiro atoms. The fraction of sp³-hybridized carbons (Fsp3) is 0.533. The Bertz CT molecular complexity index is 609. The van der Waals surface area contributed by atoms with E-state index in [2.05, 4.69) is 44.8 Å². The third kappa shape index (κ3) is 6.72. The Labute approximate surface area is 163 Å². The van der Waals surface area contributed by atoms with E-state index in [0.717, 1.165) is 42.5 Å². The van der Waals surface area contributed by atoms with Crippen molar-refractivity contribution < 1.29 is 0 Å². The molecule has 0 aliphatic carbocycles. The van der Waals surface area contributed by atoms with E-state index in [1.54, 1.807) is 29.7 Å². The lowest BCUT2D eigenvalue weighted by Gasteiger charge is -2.10. The first-order valence-corrected chi connectivity index (χ1v) is 9.26. The second-order valence-corrected chi connectivity index (χ2v) is 6.90. The number of hydrogen-bond donors (Lipinski definition) is 2. The molecule has 0 radical (unpaired) electrons. The number of guanidine groups is 1. The van der Waals surface area contributed by atoms with E-state index in [1.807, 2.05) is 6.20 Å². The summed E-state index contributed by atoms with van der Waals surface area (Å²) in [6.45, 7) is 5.81. The number of aromatic nitrogens is 2. The van der Waals surface area contributed by atoms with Crippen molar-refractivity contribution in [1.82, 2.24) is 20.6 Å². The maximum Gasteiger partial charge on any atom is 0.191 e. The Hall–Kier alpha value is -0.740. The first-order valence-electron chi connectivity index (χ1n) is 7.56. The predicted molar refractivity (Wildman–Crippen MR) is 110 cm³/mol. The zero-order chi connectivity index (χ0) is 15.8. The summed E-state index contributed by atoms with van der Waals surface area (Å²) in [6.07, 6.45) is 4.91. The lowest BCUT2D eigenvalue weighted by molar-refractivity contribution is 0.782. The van der Waals surface area contributed by atoms with Gasteiger partial charge in [0.05, 0.1) is 17.2 Å². The number of halogens is 1. The molecular formula is C15H24IN5S2. The number of hydrogen-bond acceptors (Lipinski definition) is 5. The molecule has 0 aliphatic heterocycles. The van der Waals surface area contributed by atoms with E-state index in [9.17, 15) is 0 Å². The molecule has 0 fully saturated rings. The molecule has 0 amide bonds. The van der Waals surface area contributed by atoms with E-state index in [1.165, 1.54) is 9.88 Å². The molecule has 0 saturated heterocycles. The van der Waals surface area contributed by atoms with E-state index in [-0.39, 0.29) is 24.0 Å². The highest BCUT2D eigenvalue weighted by atomic mass is 127. The van der Waals surface area contributed by atoms with Crippen LogP contribution in [-0.2, 0) is 25.8 Å². The predicted octanol–water partition coefficient (Wildman–Crippen LogP) is 3.25. The van der Waals surface area contributed by atoms with Crippen LogP contribution in [0.3, 0.4) is 0 Å². The number of aryl methyl sites for hydroxylation is 2. The molecule has 128 valence electrons. The summed E-state index contributed by atoms with van der Waals surface area (Å²) < 4.78 is 0. The molecule has 2 heterocycles. The van der Waals surface area contributed by atoms with Gasteiger partial charge in [-0.25, -0.2) is 9.97 Å². The zero-order valence-corrected chi connectivity index (χ0v) is 17.7. The summed E-state index contributed by atoms with van der Waals surface area (Å²) in [5.74, 6) is 0.805. The maximum atomic E-state index is 4.57. The van der Waals surface area contributed by atoms with Crippen LogP contribution in [0.25, 0.3) is 0 Å². The molecule has 0 aromatic carbocycles. The van der Waals surface area contributed by atoms with Crippen molar-refractivity contribution in [3.05, 3.63) is 32.2 Å². The summed E-state index contributed by atoms with van der Waals surface area (Å²) in [4.78, 5) is 14.5. The molecule has 5 nitrogen and oxygen atoms in total. The van der Waals surface area contributed by atoms with Crippen molar-refractivity contribution in [2.24, 2.45) is 4.99 Å². The van der Waals surface area contributed by atoms with E-state index < -0.39 is 0 Å². The Kier molecular flexibility index (Phi) is 9.65. The van der Waals surface area contributed by atoms with Crippen molar-refractivity contribution >= 4 is 52.6 Å². The van der Waals surface area contributed by atoms with Crippen LogP contribution < -0.4 is 10.6 Å². The van der Waals surface area contributed by atoms with Gasteiger partial charge in [0.1, 0.15) is 5.01 Å². The molecule has 2 aromatic rings. The molecule has 2 N–H and O–H groups in total. The first kappa shape index (κ1) is 20.3. The van der Waals surface area contributed by atoms with Crippen LogP contribution in [0, 0.1) is 0 Å². The monoisotopic (exact) mass is 465 g/mol. The van der Waals surface area contributed by atoms with Crippen LogP contribution in [0.5, 0.6) is 0 Å². The molecule has 8 heteroatoms. The summed E-state index contributed by atoms with van der Waals surface area (Å²) in [5.41, 5.74) is 1.15. The molecule has 2 aromatic heterocycles. The first-order chi connectivity index (χ1) is 10.7. The summed E-state index contributed by atoms with van der Waals surface area (Å²) in [5, 5.41) is 11.0. The average Bonchev–Trinajstić information content (AvgIpc) is 3.19. The third-order valence-corrected chi connectivity index (χ3v) is 5.34. The summed E-state index contributed by atoms with van der Waals surface area (Å²) in [7, 11) is 1.78. The highest BCUT2D eigenvalue weighted by Crippen LogP contribution is 2.12. The lowest BCUT2D eigenvalue weighted by atomic mass is 10.3. The second-order valence-electron chi connectivity index (χ2n) is 4.76. The quantitative estimate of drug-likeness (QED) is 0.375. The van der Waals surface area contributed by atoms with Crippen LogP contribution >= 0.6 is 46.7 Å². The van der Waals surface area contributed by atoms with Gasteiger partial charge in [-0.15, -0.1) is 46.7 Å². The Morgan fingerprint density at radius 2 is 2.04 bits per heavy atom. The summed E-state index contributed by atoms with van der Waals surface area (Å²) >= 11 is 3.48. The van der Waals surface area contributed by atoms with Crippen molar-refractivity contribution in [1.29, 1.82) is 0 Å². The normalized spacial score (nSPS) is 11.2. The van der Waals surface area contributed by atoms with E-state index in [0.29, 0.717) is 6.54 Å². The molecule has 23 heavy (non-hydrogen) atoms. The molecule has 0 aliphatic rings. The van der Waals surface area contributed by atoms with Crippen molar-refractivity contribution in [2.75, 3.05) is 13.6 Å². The number of rotatable bonds is 7.